The molecule has 1 aromatic carbocycles. The molecule has 2 saturated heterocycles. The molecule has 1 aromatic rings. The number of nitrogens with zero attached hydrogens (tertiary/aromatic N) is 1. The van der Waals surface area contributed by atoms with Gasteiger partial charge in [0.05, 0.1) is 22.4 Å². The predicted octanol–water partition coefficient (Wildman–Crippen LogP) is -0.132. The Morgan fingerprint density at radius 1 is 1.14 bits per heavy atom. The first-order chi connectivity index (χ1) is 9.40. The van der Waals surface area contributed by atoms with Crippen LogP contribution in [0.15, 0.2) is 35.2 Å². The van der Waals surface area contributed by atoms with E-state index in [4.69, 9.17) is 0 Å². The fraction of sp³-hybridized carbons (Fsp3) is 0.500. The zero-order valence-electron chi connectivity index (χ0n) is 11.2. The summed E-state index contributed by atoms with van der Waals surface area (Å²) in [6, 6.07) is 7.35. The minimum atomic E-state index is -3.64. The summed E-state index contributed by atoms with van der Waals surface area (Å²) in [6.45, 7) is 0.774. The smallest absolute Gasteiger partial charge is 0.243 e. The number of piperazine rings is 1. The second-order valence-corrected chi connectivity index (χ2v) is 9.18. The van der Waals surface area contributed by atoms with Crippen molar-refractivity contribution in [3.05, 3.63) is 30.3 Å². The highest BCUT2D eigenvalue weighted by molar-refractivity contribution is 7.92. The third-order valence-corrected chi connectivity index (χ3v) is 7.44. The van der Waals surface area contributed by atoms with Crippen molar-refractivity contribution in [2.75, 3.05) is 24.6 Å². The molecule has 2 fully saturated rings. The van der Waals surface area contributed by atoms with Crippen LogP contribution in [0, 0.1) is 0 Å². The Labute approximate surface area is 130 Å². The van der Waals surface area contributed by atoms with Gasteiger partial charge >= 0.3 is 0 Å². The normalized spacial score (nSPS) is 28.6. The minimum Gasteiger partial charge on any atom is -0.310 e. The van der Waals surface area contributed by atoms with Crippen molar-refractivity contribution in [1.82, 2.24) is 9.62 Å². The molecule has 2 heterocycles. The predicted molar refractivity (Wildman–Crippen MR) is 81.8 cm³/mol. The fourth-order valence-corrected chi connectivity index (χ4v) is 6.59. The molecule has 2 aliphatic rings. The highest BCUT2D eigenvalue weighted by atomic mass is 35.5. The Morgan fingerprint density at radius 2 is 1.81 bits per heavy atom. The highest BCUT2D eigenvalue weighted by Gasteiger charge is 2.47. The Hall–Kier alpha value is -0.670. The highest BCUT2D eigenvalue weighted by Crippen LogP contribution is 2.27. The van der Waals surface area contributed by atoms with Gasteiger partial charge in [-0.15, -0.1) is 12.4 Å². The molecule has 0 bridgehead atoms. The van der Waals surface area contributed by atoms with Crippen LogP contribution in [0.5, 0.6) is 0 Å². The molecule has 0 aliphatic carbocycles. The number of hydrogen-bond donors (Lipinski definition) is 1. The molecular formula is C12H17ClN2O4S2. The third-order valence-electron chi connectivity index (χ3n) is 3.78. The van der Waals surface area contributed by atoms with Gasteiger partial charge in [-0.25, -0.2) is 16.8 Å². The standard InChI is InChI=1S/C12H16N2O4S2.ClH/c15-19(16)8-11-12(9-19)14(7-6-13-11)20(17,18)10-4-2-1-3-5-10;/h1-5,11-13H,6-9H2;1H/t11-,12+;/m0./s1. The SMILES string of the molecule is Cl.O=S1(=O)C[C@@H]2NCCN(S(=O)(=O)c3ccccc3)[C@@H]2C1. The molecule has 3 rings (SSSR count). The lowest BCUT2D eigenvalue weighted by Gasteiger charge is -2.36. The van der Waals surface area contributed by atoms with Crippen LogP contribution < -0.4 is 5.32 Å². The molecule has 118 valence electrons. The molecule has 9 heteroatoms. The van der Waals surface area contributed by atoms with Crippen LogP contribution in [0.3, 0.4) is 0 Å². The molecule has 6 nitrogen and oxygen atoms in total. The topological polar surface area (TPSA) is 83.6 Å². The van der Waals surface area contributed by atoms with E-state index in [1.807, 2.05) is 0 Å². The molecule has 21 heavy (non-hydrogen) atoms. The lowest BCUT2D eigenvalue weighted by atomic mass is 10.1. The summed E-state index contributed by atoms with van der Waals surface area (Å²) < 4.78 is 50.1. The van der Waals surface area contributed by atoms with E-state index < -0.39 is 25.9 Å². The van der Waals surface area contributed by atoms with Gasteiger partial charge in [0.15, 0.2) is 9.84 Å². The molecule has 0 amide bonds. The van der Waals surface area contributed by atoms with Crippen molar-refractivity contribution in [2.45, 2.75) is 17.0 Å². The number of sulfonamides is 1. The zero-order chi connectivity index (χ0) is 14.4. The maximum absolute atomic E-state index is 12.6. The Balaban J connectivity index is 0.00000161. The van der Waals surface area contributed by atoms with E-state index in [1.165, 1.54) is 16.4 Å². The third kappa shape index (κ3) is 3.09. The summed E-state index contributed by atoms with van der Waals surface area (Å²) in [5.41, 5.74) is 0. The summed E-state index contributed by atoms with van der Waals surface area (Å²) in [5.74, 6) is -0.0881. The summed E-state index contributed by atoms with van der Waals surface area (Å²) in [5, 5.41) is 3.10. The number of rotatable bonds is 2. The molecule has 1 N–H and O–H groups in total. The van der Waals surface area contributed by atoms with Crippen molar-refractivity contribution in [1.29, 1.82) is 0 Å². The summed E-state index contributed by atoms with van der Waals surface area (Å²) in [4.78, 5) is 0.213. The molecule has 0 saturated carbocycles. The number of hydrogen-bond acceptors (Lipinski definition) is 5. The largest absolute Gasteiger partial charge is 0.310 e. The molecular weight excluding hydrogens is 336 g/mol. The fourth-order valence-electron chi connectivity index (χ4n) is 2.86. The quantitative estimate of drug-likeness (QED) is 0.801. The van der Waals surface area contributed by atoms with Gasteiger partial charge in [-0.3, -0.25) is 0 Å². The number of nitrogens with one attached hydrogen (secondary N) is 1. The summed E-state index contributed by atoms with van der Waals surface area (Å²) in [6.07, 6.45) is 0. The van der Waals surface area contributed by atoms with Crippen LogP contribution >= 0.6 is 12.4 Å². The Bertz CT molecular complexity index is 706. The lowest BCUT2D eigenvalue weighted by Crippen LogP contribution is -2.58. The molecule has 0 aromatic heterocycles. The monoisotopic (exact) mass is 352 g/mol. The van der Waals surface area contributed by atoms with Gasteiger partial charge in [-0.05, 0) is 12.1 Å². The van der Waals surface area contributed by atoms with Gasteiger partial charge in [0, 0.05) is 19.1 Å². The number of benzene rings is 1. The van der Waals surface area contributed by atoms with Crippen molar-refractivity contribution < 1.29 is 16.8 Å². The Kier molecular flexibility index (Phi) is 4.65. The van der Waals surface area contributed by atoms with E-state index in [1.54, 1.807) is 18.2 Å². The van der Waals surface area contributed by atoms with Crippen molar-refractivity contribution in [3.8, 4) is 0 Å². The second kappa shape index (κ2) is 5.85. The molecule has 0 spiro atoms. The molecule has 2 aliphatic heterocycles. The van der Waals surface area contributed by atoms with Crippen molar-refractivity contribution in [2.24, 2.45) is 0 Å². The van der Waals surface area contributed by atoms with Crippen LogP contribution in [-0.4, -0.2) is 57.8 Å². The van der Waals surface area contributed by atoms with E-state index >= 15 is 0 Å². The van der Waals surface area contributed by atoms with Crippen LogP contribution in [0.1, 0.15) is 0 Å². The van der Waals surface area contributed by atoms with Crippen LogP contribution in [0.25, 0.3) is 0 Å². The van der Waals surface area contributed by atoms with E-state index in [2.05, 4.69) is 5.32 Å². The van der Waals surface area contributed by atoms with Crippen LogP contribution in [0.4, 0.5) is 0 Å². The molecule has 2 atom stereocenters. The number of halogens is 1. The first kappa shape index (κ1) is 16.7. The number of fused-ring (bicyclic) bond motifs is 1. The molecule has 0 radical (unpaired) electrons. The molecule has 0 unspecified atom stereocenters. The van der Waals surface area contributed by atoms with Gasteiger partial charge in [-0.2, -0.15) is 4.31 Å². The van der Waals surface area contributed by atoms with E-state index in [-0.39, 0.29) is 34.9 Å². The van der Waals surface area contributed by atoms with Crippen LogP contribution in [-0.2, 0) is 19.9 Å². The maximum Gasteiger partial charge on any atom is 0.243 e. The van der Waals surface area contributed by atoms with Gasteiger partial charge in [0.2, 0.25) is 10.0 Å². The maximum atomic E-state index is 12.6. The van der Waals surface area contributed by atoms with Crippen LogP contribution in [0.2, 0.25) is 0 Å². The van der Waals surface area contributed by atoms with Gasteiger partial charge in [-0.1, -0.05) is 18.2 Å². The average molecular weight is 353 g/mol. The summed E-state index contributed by atoms with van der Waals surface area (Å²) >= 11 is 0. The summed E-state index contributed by atoms with van der Waals surface area (Å²) in [7, 11) is -6.81. The van der Waals surface area contributed by atoms with E-state index in [0.717, 1.165) is 0 Å². The first-order valence-corrected chi connectivity index (χ1v) is 9.67. The van der Waals surface area contributed by atoms with Gasteiger partial charge < -0.3 is 5.32 Å². The number of sulfone groups is 1. The van der Waals surface area contributed by atoms with Gasteiger partial charge in [0.1, 0.15) is 0 Å². The van der Waals surface area contributed by atoms with E-state index in [9.17, 15) is 16.8 Å². The second-order valence-electron chi connectivity index (χ2n) is 5.13. The minimum absolute atomic E-state index is 0. The van der Waals surface area contributed by atoms with Gasteiger partial charge in [0.25, 0.3) is 0 Å². The van der Waals surface area contributed by atoms with E-state index in [0.29, 0.717) is 13.1 Å². The average Bonchev–Trinajstić information content (AvgIpc) is 2.73. The zero-order valence-corrected chi connectivity index (χ0v) is 13.6. The first-order valence-electron chi connectivity index (χ1n) is 6.41. The van der Waals surface area contributed by atoms with Crippen molar-refractivity contribution in [3.63, 3.8) is 0 Å². The van der Waals surface area contributed by atoms with Crippen molar-refractivity contribution >= 4 is 32.3 Å². The lowest BCUT2D eigenvalue weighted by molar-refractivity contribution is 0.247. The Morgan fingerprint density at radius 3 is 2.48 bits per heavy atom.